The van der Waals surface area contributed by atoms with Gasteiger partial charge >= 0.3 is 0 Å². The van der Waals surface area contributed by atoms with Gasteiger partial charge in [-0.1, -0.05) is 55.8 Å². The molecule has 90 valence electrons. The standard InChI is InChI=1S/C16H21N/c1-2-3-11-17-12-10-14-8-9-15-6-4-5-7-16(15)13-14/h4-9,13,17H,2-3,10-12H2,1H3. The van der Waals surface area contributed by atoms with Gasteiger partial charge in [0.15, 0.2) is 0 Å². The zero-order valence-corrected chi connectivity index (χ0v) is 10.6. The van der Waals surface area contributed by atoms with Gasteiger partial charge in [0.2, 0.25) is 0 Å². The van der Waals surface area contributed by atoms with Gasteiger partial charge in [-0.3, -0.25) is 0 Å². The molecule has 0 bridgehead atoms. The molecule has 0 fully saturated rings. The van der Waals surface area contributed by atoms with Crippen molar-refractivity contribution in [3.63, 3.8) is 0 Å². The molecule has 0 aliphatic carbocycles. The second-order valence-corrected chi connectivity index (χ2v) is 4.54. The highest BCUT2D eigenvalue weighted by Crippen LogP contribution is 2.15. The van der Waals surface area contributed by atoms with Crippen LogP contribution in [0.4, 0.5) is 0 Å². The van der Waals surface area contributed by atoms with Crippen molar-refractivity contribution in [1.29, 1.82) is 0 Å². The minimum atomic E-state index is 1.08. The van der Waals surface area contributed by atoms with E-state index in [4.69, 9.17) is 0 Å². The van der Waals surface area contributed by atoms with Crippen molar-refractivity contribution in [2.45, 2.75) is 26.2 Å². The Balaban J connectivity index is 1.90. The van der Waals surface area contributed by atoms with Gasteiger partial charge in [-0.15, -0.1) is 0 Å². The summed E-state index contributed by atoms with van der Waals surface area (Å²) in [5.74, 6) is 0. The fourth-order valence-electron chi connectivity index (χ4n) is 2.05. The Hall–Kier alpha value is -1.34. The Kier molecular flexibility index (Phi) is 4.57. The number of benzene rings is 2. The van der Waals surface area contributed by atoms with Gasteiger partial charge in [0, 0.05) is 0 Å². The van der Waals surface area contributed by atoms with Crippen molar-refractivity contribution >= 4 is 10.8 Å². The summed E-state index contributed by atoms with van der Waals surface area (Å²) in [5.41, 5.74) is 1.42. The predicted octanol–water partition coefficient (Wildman–Crippen LogP) is 3.77. The first-order valence-corrected chi connectivity index (χ1v) is 6.58. The fourth-order valence-corrected chi connectivity index (χ4v) is 2.05. The van der Waals surface area contributed by atoms with Crippen molar-refractivity contribution in [2.24, 2.45) is 0 Å². The number of hydrogen-bond acceptors (Lipinski definition) is 1. The van der Waals surface area contributed by atoms with Crippen molar-refractivity contribution in [2.75, 3.05) is 13.1 Å². The molecule has 0 aliphatic rings. The molecule has 0 atom stereocenters. The zero-order valence-electron chi connectivity index (χ0n) is 10.6. The van der Waals surface area contributed by atoms with Crippen molar-refractivity contribution in [3.05, 3.63) is 48.0 Å². The molecule has 0 saturated carbocycles. The van der Waals surface area contributed by atoms with Gasteiger partial charge in [-0.05, 0) is 42.3 Å². The van der Waals surface area contributed by atoms with E-state index in [1.807, 2.05) is 0 Å². The molecular weight excluding hydrogens is 206 g/mol. The van der Waals surface area contributed by atoms with Gasteiger partial charge in [-0.25, -0.2) is 0 Å². The van der Waals surface area contributed by atoms with E-state index in [0.717, 1.165) is 19.5 Å². The monoisotopic (exact) mass is 227 g/mol. The fraction of sp³-hybridized carbons (Fsp3) is 0.375. The molecule has 0 saturated heterocycles. The van der Waals surface area contributed by atoms with Gasteiger partial charge in [-0.2, -0.15) is 0 Å². The minimum absolute atomic E-state index is 1.08. The Labute approximate surface area is 104 Å². The smallest absolute Gasteiger partial charge is 0.000835 e. The first-order chi connectivity index (χ1) is 8.40. The van der Waals surface area contributed by atoms with Crippen LogP contribution in [0.15, 0.2) is 42.5 Å². The van der Waals surface area contributed by atoms with Crippen LogP contribution in [0.5, 0.6) is 0 Å². The van der Waals surface area contributed by atoms with E-state index in [-0.39, 0.29) is 0 Å². The average Bonchev–Trinajstić information content (AvgIpc) is 2.38. The molecule has 0 aliphatic heterocycles. The summed E-state index contributed by atoms with van der Waals surface area (Å²) in [4.78, 5) is 0. The van der Waals surface area contributed by atoms with E-state index in [9.17, 15) is 0 Å². The molecule has 0 unspecified atom stereocenters. The second kappa shape index (κ2) is 6.41. The number of fused-ring (bicyclic) bond motifs is 1. The lowest BCUT2D eigenvalue weighted by Crippen LogP contribution is -2.18. The summed E-state index contributed by atoms with van der Waals surface area (Å²) >= 11 is 0. The van der Waals surface area contributed by atoms with Crippen LogP contribution in [-0.4, -0.2) is 13.1 Å². The Morgan fingerprint density at radius 3 is 2.59 bits per heavy atom. The third-order valence-electron chi connectivity index (χ3n) is 3.11. The molecule has 0 spiro atoms. The largest absolute Gasteiger partial charge is 0.316 e. The van der Waals surface area contributed by atoms with Crippen LogP contribution >= 0.6 is 0 Å². The van der Waals surface area contributed by atoms with Crippen LogP contribution in [0.3, 0.4) is 0 Å². The highest BCUT2D eigenvalue weighted by molar-refractivity contribution is 5.82. The molecule has 1 heteroatoms. The van der Waals surface area contributed by atoms with E-state index in [1.165, 1.54) is 29.2 Å². The van der Waals surface area contributed by atoms with E-state index in [2.05, 4.69) is 54.7 Å². The van der Waals surface area contributed by atoms with Crippen LogP contribution in [0.1, 0.15) is 25.3 Å². The number of nitrogens with one attached hydrogen (secondary N) is 1. The molecule has 0 aromatic heterocycles. The van der Waals surface area contributed by atoms with E-state index in [1.54, 1.807) is 0 Å². The van der Waals surface area contributed by atoms with Gasteiger partial charge in [0.25, 0.3) is 0 Å². The highest BCUT2D eigenvalue weighted by atomic mass is 14.8. The molecule has 2 aromatic carbocycles. The summed E-state index contributed by atoms with van der Waals surface area (Å²) < 4.78 is 0. The lowest BCUT2D eigenvalue weighted by molar-refractivity contribution is 0.640. The Bertz CT molecular complexity index is 462. The molecule has 0 heterocycles. The summed E-state index contributed by atoms with van der Waals surface area (Å²) in [6.45, 7) is 4.45. The van der Waals surface area contributed by atoms with Crippen molar-refractivity contribution < 1.29 is 0 Å². The Morgan fingerprint density at radius 1 is 0.941 bits per heavy atom. The van der Waals surface area contributed by atoms with Crippen LogP contribution in [0.25, 0.3) is 10.8 Å². The summed E-state index contributed by atoms with van der Waals surface area (Å²) in [7, 11) is 0. The quantitative estimate of drug-likeness (QED) is 0.741. The third kappa shape index (κ3) is 3.57. The highest BCUT2D eigenvalue weighted by Gasteiger charge is 1.96. The number of hydrogen-bond donors (Lipinski definition) is 1. The average molecular weight is 227 g/mol. The topological polar surface area (TPSA) is 12.0 Å². The first kappa shape index (κ1) is 12.1. The number of rotatable bonds is 6. The third-order valence-corrected chi connectivity index (χ3v) is 3.11. The molecule has 1 N–H and O–H groups in total. The summed E-state index contributed by atoms with van der Waals surface area (Å²) in [5, 5.41) is 6.16. The first-order valence-electron chi connectivity index (χ1n) is 6.58. The lowest BCUT2D eigenvalue weighted by atomic mass is 10.1. The predicted molar refractivity (Wildman–Crippen MR) is 75.4 cm³/mol. The maximum absolute atomic E-state index is 3.48. The molecule has 0 radical (unpaired) electrons. The van der Waals surface area contributed by atoms with Crippen molar-refractivity contribution in [1.82, 2.24) is 5.32 Å². The van der Waals surface area contributed by atoms with Crippen molar-refractivity contribution in [3.8, 4) is 0 Å². The van der Waals surface area contributed by atoms with Crippen LogP contribution in [0, 0.1) is 0 Å². The molecule has 0 amide bonds. The SMILES string of the molecule is CCCCNCCc1ccc2ccccc2c1. The van der Waals surface area contributed by atoms with E-state index in [0.29, 0.717) is 0 Å². The molecular formula is C16H21N. The van der Waals surface area contributed by atoms with Crippen LogP contribution < -0.4 is 5.32 Å². The van der Waals surface area contributed by atoms with Gasteiger partial charge in [0.1, 0.15) is 0 Å². The second-order valence-electron chi connectivity index (χ2n) is 4.54. The molecule has 1 nitrogen and oxygen atoms in total. The molecule has 2 aromatic rings. The van der Waals surface area contributed by atoms with Gasteiger partial charge in [0.05, 0.1) is 0 Å². The van der Waals surface area contributed by atoms with Gasteiger partial charge < -0.3 is 5.32 Å². The summed E-state index contributed by atoms with van der Waals surface area (Å²) in [6.07, 6.45) is 3.66. The number of unbranched alkanes of at least 4 members (excludes halogenated alkanes) is 1. The maximum Gasteiger partial charge on any atom is -0.000835 e. The van der Waals surface area contributed by atoms with Crippen LogP contribution in [-0.2, 0) is 6.42 Å². The minimum Gasteiger partial charge on any atom is -0.316 e. The zero-order chi connectivity index (χ0) is 11.9. The normalized spacial score (nSPS) is 10.9. The molecule has 2 rings (SSSR count). The lowest BCUT2D eigenvalue weighted by Gasteiger charge is -2.05. The maximum atomic E-state index is 3.48. The summed E-state index contributed by atoms with van der Waals surface area (Å²) in [6, 6.07) is 15.3. The van der Waals surface area contributed by atoms with Crippen LogP contribution in [0.2, 0.25) is 0 Å². The Morgan fingerprint density at radius 2 is 1.76 bits per heavy atom. The van der Waals surface area contributed by atoms with E-state index >= 15 is 0 Å². The van der Waals surface area contributed by atoms with E-state index < -0.39 is 0 Å². The molecule has 17 heavy (non-hydrogen) atoms.